The second-order valence-electron chi connectivity index (χ2n) is 9.55. The van der Waals surface area contributed by atoms with E-state index in [0.29, 0.717) is 43.4 Å². The van der Waals surface area contributed by atoms with Gasteiger partial charge in [0, 0.05) is 44.2 Å². The highest BCUT2D eigenvalue weighted by atomic mass is 19.4. The van der Waals surface area contributed by atoms with E-state index in [0.717, 1.165) is 51.4 Å². The Balaban J connectivity index is 1.40. The number of hydrogen-bond donors (Lipinski definition) is 0. The minimum atomic E-state index is -4.40. The number of anilines is 1. The van der Waals surface area contributed by atoms with Gasteiger partial charge in [-0.15, -0.1) is 0 Å². The fourth-order valence-electron chi connectivity index (χ4n) is 5.60. The number of carbonyl (C=O) groups excluding carboxylic acids is 2. The van der Waals surface area contributed by atoms with Crippen molar-refractivity contribution >= 4 is 17.7 Å². The van der Waals surface area contributed by atoms with Gasteiger partial charge in [-0.3, -0.25) is 4.79 Å². The number of amides is 2. The van der Waals surface area contributed by atoms with Crippen molar-refractivity contribution in [3.05, 3.63) is 29.3 Å². The number of rotatable bonds is 3. The number of nitrogens with zero attached hydrogens (tertiary/aromatic N) is 3. The quantitative estimate of drug-likeness (QED) is 0.666. The Labute approximate surface area is 192 Å². The van der Waals surface area contributed by atoms with Crippen molar-refractivity contribution in [1.29, 1.82) is 0 Å². The molecule has 4 rings (SSSR count). The van der Waals surface area contributed by atoms with Crippen molar-refractivity contribution in [3.8, 4) is 0 Å². The van der Waals surface area contributed by atoms with Gasteiger partial charge >= 0.3 is 12.3 Å². The molecule has 182 valence electrons. The lowest BCUT2D eigenvalue weighted by Crippen LogP contribution is -2.48. The lowest BCUT2D eigenvalue weighted by molar-refractivity contribution is -0.137. The predicted octanol–water partition coefficient (Wildman–Crippen LogP) is 4.27. The highest BCUT2D eigenvalue weighted by Crippen LogP contribution is 2.49. The molecule has 3 aliphatic heterocycles. The molecule has 0 aliphatic carbocycles. The minimum absolute atomic E-state index is 0.135. The average molecular weight is 468 g/mol. The Kier molecular flexibility index (Phi) is 6.62. The number of likely N-dealkylation sites (tertiary alicyclic amines) is 2. The molecular formula is C24H32F3N3O3. The van der Waals surface area contributed by atoms with Gasteiger partial charge in [0.2, 0.25) is 5.91 Å². The summed E-state index contributed by atoms with van der Waals surface area (Å²) in [5.74, 6) is 0.356. The molecule has 1 aromatic rings. The largest absolute Gasteiger partial charge is 0.450 e. The number of fused-ring (bicyclic) bond motifs is 2. The summed E-state index contributed by atoms with van der Waals surface area (Å²) < 4.78 is 45.3. The molecule has 0 atom stereocenters. The van der Waals surface area contributed by atoms with E-state index in [2.05, 4.69) is 4.90 Å². The molecule has 0 unspecified atom stereocenters. The van der Waals surface area contributed by atoms with Crippen LogP contribution in [0.2, 0.25) is 0 Å². The van der Waals surface area contributed by atoms with Gasteiger partial charge in [-0.05, 0) is 75.4 Å². The van der Waals surface area contributed by atoms with Crippen molar-refractivity contribution in [3.63, 3.8) is 0 Å². The average Bonchev–Trinajstić information content (AvgIpc) is 3.09. The van der Waals surface area contributed by atoms with Crippen LogP contribution in [0.15, 0.2) is 18.2 Å². The third-order valence-electron chi connectivity index (χ3n) is 7.50. The third-order valence-corrected chi connectivity index (χ3v) is 7.50. The van der Waals surface area contributed by atoms with Gasteiger partial charge in [-0.1, -0.05) is 0 Å². The maximum Gasteiger partial charge on any atom is 0.416 e. The normalized spacial score (nSPS) is 21.4. The summed E-state index contributed by atoms with van der Waals surface area (Å²) in [6.07, 6.45) is -1.34. The first-order chi connectivity index (χ1) is 15.6. The molecule has 1 spiro atoms. The maximum atomic E-state index is 13.4. The van der Waals surface area contributed by atoms with Crippen LogP contribution in [0.4, 0.5) is 23.7 Å². The summed E-state index contributed by atoms with van der Waals surface area (Å²) >= 11 is 0. The summed E-state index contributed by atoms with van der Waals surface area (Å²) in [5.41, 5.74) is 0.207. The Morgan fingerprint density at radius 2 is 1.79 bits per heavy atom. The van der Waals surface area contributed by atoms with E-state index < -0.39 is 17.2 Å². The zero-order chi connectivity index (χ0) is 23.8. The van der Waals surface area contributed by atoms with Crippen LogP contribution in [0, 0.1) is 5.92 Å². The Morgan fingerprint density at radius 3 is 2.36 bits per heavy atom. The molecule has 0 radical (unpaired) electrons. The smallest absolute Gasteiger partial charge is 0.416 e. The van der Waals surface area contributed by atoms with Crippen LogP contribution in [0.3, 0.4) is 0 Å². The fourth-order valence-corrected chi connectivity index (χ4v) is 5.60. The van der Waals surface area contributed by atoms with E-state index in [1.807, 2.05) is 0 Å². The van der Waals surface area contributed by atoms with Gasteiger partial charge in [0.25, 0.3) is 0 Å². The predicted molar refractivity (Wildman–Crippen MR) is 118 cm³/mol. The monoisotopic (exact) mass is 467 g/mol. The van der Waals surface area contributed by atoms with E-state index >= 15 is 0 Å². The van der Waals surface area contributed by atoms with Gasteiger partial charge in [0.05, 0.1) is 12.2 Å². The Hall–Kier alpha value is -2.29. The fraction of sp³-hybridized carbons (Fsp3) is 0.667. The van der Waals surface area contributed by atoms with E-state index in [-0.39, 0.29) is 12.0 Å². The summed E-state index contributed by atoms with van der Waals surface area (Å²) in [5, 5.41) is 0. The third kappa shape index (κ3) is 4.83. The van der Waals surface area contributed by atoms with Crippen molar-refractivity contribution in [2.24, 2.45) is 5.92 Å². The van der Waals surface area contributed by atoms with E-state index in [9.17, 15) is 22.8 Å². The highest BCUT2D eigenvalue weighted by molar-refractivity contribution is 5.94. The first-order valence-electron chi connectivity index (χ1n) is 11.8. The van der Waals surface area contributed by atoms with Crippen LogP contribution in [0.25, 0.3) is 0 Å². The molecule has 2 amide bonds. The second kappa shape index (κ2) is 9.16. The van der Waals surface area contributed by atoms with Gasteiger partial charge in [-0.25, -0.2) is 4.79 Å². The van der Waals surface area contributed by atoms with Gasteiger partial charge < -0.3 is 19.4 Å². The summed E-state index contributed by atoms with van der Waals surface area (Å²) in [6, 6.07) is 3.79. The minimum Gasteiger partial charge on any atom is -0.450 e. The summed E-state index contributed by atoms with van der Waals surface area (Å²) in [6.45, 7) is 8.00. The standard InChI is InChI=1S/C24H32F3N3O3/c1-3-33-22(32)29-10-6-18(7-11-29)15-28-12-8-23(9-13-28)16-30(17(2)31)21-5-4-19(14-20(21)23)24(25,26)27/h4-5,14,18H,3,6-13,15-16H2,1-2H3. The SMILES string of the molecule is CCOC(=O)N1CCC(CN2CCC3(CC2)CN(C(C)=O)c2ccc(C(F)(F)F)cc23)CC1. The summed E-state index contributed by atoms with van der Waals surface area (Å²) in [7, 11) is 0. The molecule has 0 N–H and O–H groups in total. The first kappa shape index (κ1) is 23.9. The van der Waals surface area contributed by atoms with Crippen LogP contribution in [-0.2, 0) is 21.1 Å². The summed E-state index contributed by atoms with van der Waals surface area (Å²) in [4.78, 5) is 29.9. The van der Waals surface area contributed by atoms with Crippen molar-refractivity contribution < 1.29 is 27.5 Å². The molecule has 0 bridgehead atoms. The Morgan fingerprint density at radius 1 is 1.12 bits per heavy atom. The van der Waals surface area contributed by atoms with Crippen LogP contribution in [0.1, 0.15) is 50.7 Å². The zero-order valence-corrected chi connectivity index (χ0v) is 19.3. The first-order valence-corrected chi connectivity index (χ1v) is 11.8. The van der Waals surface area contributed by atoms with Crippen molar-refractivity contribution in [1.82, 2.24) is 9.80 Å². The second-order valence-corrected chi connectivity index (χ2v) is 9.55. The molecular weight excluding hydrogens is 435 g/mol. The van der Waals surface area contributed by atoms with E-state index in [1.54, 1.807) is 16.7 Å². The molecule has 3 aliphatic rings. The molecule has 0 aromatic heterocycles. The molecule has 33 heavy (non-hydrogen) atoms. The van der Waals surface area contributed by atoms with Crippen LogP contribution >= 0.6 is 0 Å². The molecule has 3 heterocycles. The molecule has 2 saturated heterocycles. The number of carbonyl (C=O) groups is 2. The Bertz CT molecular complexity index is 889. The lowest BCUT2D eigenvalue weighted by atomic mass is 9.73. The van der Waals surface area contributed by atoms with Crippen molar-refractivity contribution in [2.75, 3.05) is 50.8 Å². The van der Waals surface area contributed by atoms with Crippen LogP contribution in [0.5, 0.6) is 0 Å². The van der Waals surface area contributed by atoms with E-state index in [4.69, 9.17) is 4.74 Å². The number of ether oxygens (including phenoxy) is 1. The number of alkyl halides is 3. The van der Waals surface area contributed by atoms with Crippen LogP contribution in [-0.4, -0.2) is 67.7 Å². The number of piperidine rings is 2. The van der Waals surface area contributed by atoms with Gasteiger partial charge in [0.15, 0.2) is 0 Å². The van der Waals surface area contributed by atoms with E-state index in [1.165, 1.54) is 19.1 Å². The van der Waals surface area contributed by atoms with Crippen LogP contribution < -0.4 is 4.90 Å². The molecule has 1 aromatic carbocycles. The highest BCUT2D eigenvalue weighted by Gasteiger charge is 2.47. The molecule has 9 heteroatoms. The number of benzene rings is 1. The van der Waals surface area contributed by atoms with Gasteiger partial charge in [0.1, 0.15) is 0 Å². The lowest BCUT2D eigenvalue weighted by Gasteiger charge is -2.42. The zero-order valence-electron chi connectivity index (χ0n) is 19.3. The molecule has 2 fully saturated rings. The topological polar surface area (TPSA) is 53.1 Å². The van der Waals surface area contributed by atoms with Crippen molar-refractivity contribution in [2.45, 2.75) is 51.1 Å². The number of halogens is 3. The molecule has 0 saturated carbocycles. The number of hydrogen-bond acceptors (Lipinski definition) is 4. The maximum absolute atomic E-state index is 13.4. The van der Waals surface area contributed by atoms with Gasteiger partial charge in [-0.2, -0.15) is 13.2 Å². The molecule has 6 nitrogen and oxygen atoms in total.